The Labute approximate surface area is 87.7 Å². The Balaban J connectivity index is 2.04. The van der Waals surface area contributed by atoms with Crippen LogP contribution in [0.2, 0.25) is 0 Å². The maximum atomic E-state index is 9.66. The Morgan fingerprint density at radius 3 is 2.93 bits per heavy atom. The van der Waals surface area contributed by atoms with E-state index in [0.717, 1.165) is 0 Å². The highest BCUT2D eigenvalue weighted by Gasteiger charge is 2.43. The fraction of sp³-hybridized carbons (Fsp3) is 0.667. The Bertz CT molecular complexity index is 282. The first kappa shape index (κ1) is 10.6. The van der Waals surface area contributed by atoms with E-state index in [4.69, 9.17) is 15.6 Å². The van der Waals surface area contributed by atoms with Gasteiger partial charge in [-0.2, -0.15) is 0 Å². The molecule has 0 aromatic rings. The molecule has 0 amide bonds. The summed E-state index contributed by atoms with van der Waals surface area (Å²) in [7, 11) is 0. The van der Waals surface area contributed by atoms with Crippen LogP contribution in [0.15, 0.2) is 17.3 Å². The maximum Gasteiger partial charge on any atom is 0.149 e. The zero-order chi connectivity index (χ0) is 10.8. The molecule has 2 aliphatic rings. The number of aliphatic imine (C=N–C) groups is 1. The predicted octanol–water partition coefficient (Wildman–Crippen LogP) is -1.75. The van der Waals surface area contributed by atoms with Gasteiger partial charge in [-0.15, -0.1) is 0 Å². The van der Waals surface area contributed by atoms with Crippen LogP contribution in [0.4, 0.5) is 0 Å². The number of nitrogens with two attached hydrogens (primary N) is 1. The van der Waals surface area contributed by atoms with Crippen LogP contribution in [-0.4, -0.2) is 59.1 Å². The number of aliphatic hydroxyl groups is 2. The Kier molecular flexibility index (Phi) is 3.01. The molecule has 84 valence electrons. The minimum absolute atomic E-state index is 0.230. The summed E-state index contributed by atoms with van der Waals surface area (Å²) >= 11 is 0. The van der Waals surface area contributed by atoms with Crippen molar-refractivity contribution in [2.75, 3.05) is 13.2 Å². The molecule has 6 heteroatoms. The average Bonchev–Trinajstić information content (AvgIpc) is 2.57. The lowest BCUT2D eigenvalue weighted by atomic mass is 10.1. The largest absolute Gasteiger partial charge is 0.394 e. The van der Waals surface area contributed by atoms with Crippen molar-refractivity contribution < 1.29 is 14.9 Å². The van der Waals surface area contributed by atoms with E-state index in [9.17, 15) is 5.11 Å². The minimum Gasteiger partial charge on any atom is -0.394 e. The molecule has 0 aromatic carbocycles. The third-order valence-corrected chi connectivity index (χ3v) is 2.65. The van der Waals surface area contributed by atoms with Gasteiger partial charge in [-0.1, -0.05) is 0 Å². The summed E-state index contributed by atoms with van der Waals surface area (Å²) in [5, 5.41) is 18.6. The molecule has 0 aromatic heterocycles. The molecule has 4 N–H and O–H groups in total. The molecule has 4 atom stereocenters. The van der Waals surface area contributed by atoms with E-state index in [2.05, 4.69) is 4.99 Å². The molecule has 0 unspecified atom stereocenters. The van der Waals surface area contributed by atoms with Crippen molar-refractivity contribution in [3.63, 3.8) is 0 Å². The van der Waals surface area contributed by atoms with Crippen molar-refractivity contribution in [3.8, 4) is 0 Å². The molecule has 2 aliphatic heterocycles. The smallest absolute Gasteiger partial charge is 0.149 e. The molecule has 0 aliphatic carbocycles. The zero-order valence-corrected chi connectivity index (χ0v) is 8.23. The quantitative estimate of drug-likeness (QED) is 0.506. The van der Waals surface area contributed by atoms with Crippen LogP contribution in [-0.2, 0) is 4.74 Å². The summed E-state index contributed by atoms with van der Waals surface area (Å²) < 4.78 is 5.45. The molecule has 6 nitrogen and oxygen atoms in total. The summed E-state index contributed by atoms with van der Waals surface area (Å²) in [5.74, 6) is 0. The van der Waals surface area contributed by atoms with Crippen LogP contribution in [0.1, 0.15) is 0 Å². The third-order valence-electron chi connectivity index (χ3n) is 2.65. The van der Waals surface area contributed by atoms with Crippen molar-refractivity contribution in [2.45, 2.75) is 24.5 Å². The molecule has 0 saturated carbocycles. The summed E-state index contributed by atoms with van der Waals surface area (Å²) in [4.78, 5) is 5.75. The van der Waals surface area contributed by atoms with Crippen molar-refractivity contribution in [2.24, 2.45) is 10.7 Å². The van der Waals surface area contributed by atoms with Gasteiger partial charge in [0.2, 0.25) is 0 Å². The summed E-state index contributed by atoms with van der Waals surface area (Å²) in [6.45, 7) is 0.416. The lowest BCUT2D eigenvalue weighted by Gasteiger charge is -2.28. The van der Waals surface area contributed by atoms with Gasteiger partial charge in [0.25, 0.3) is 0 Å². The second-order valence-corrected chi connectivity index (χ2v) is 3.66. The first-order valence-corrected chi connectivity index (χ1v) is 4.88. The Morgan fingerprint density at radius 1 is 1.60 bits per heavy atom. The monoisotopic (exact) mass is 213 g/mol. The Hall–Kier alpha value is -0.950. The molecule has 0 spiro atoms. The van der Waals surface area contributed by atoms with Crippen molar-refractivity contribution in [3.05, 3.63) is 12.3 Å². The normalized spacial score (nSPS) is 40.1. The standard InChI is InChI=1S/C9H15N3O3/c10-7-8(14)6(4-13)15-9(7)12-3-1-2-11-5-12/h1-2,5-9,13-14H,3-4,10H2/t6-,7-,8-,9-/m1/s1. The lowest BCUT2D eigenvalue weighted by Crippen LogP contribution is -2.49. The summed E-state index contributed by atoms with van der Waals surface area (Å²) in [5.41, 5.74) is 5.81. The first-order valence-electron chi connectivity index (χ1n) is 4.88. The molecule has 0 bridgehead atoms. The van der Waals surface area contributed by atoms with Gasteiger partial charge < -0.3 is 25.6 Å². The van der Waals surface area contributed by atoms with Crippen LogP contribution in [0, 0.1) is 0 Å². The van der Waals surface area contributed by atoms with Gasteiger partial charge in [0.1, 0.15) is 18.4 Å². The summed E-state index contributed by atoms with van der Waals surface area (Å²) in [6.07, 6.45) is 3.32. The molecule has 15 heavy (non-hydrogen) atoms. The van der Waals surface area contributed by atoms with Gasteiger partial charge in [0, 0.05) is 12.7 Å². The zero-order valence-electron chi connectivity index (χ0n) is 8.23. The highest BCUT2D eigenvalue weighted by atomic mass is 16.5. The van der Waals surface area contributed by atoms with Gasteiger partial charge >= 0.3 is 0 Å². The molecule has 1 fully saturated rings. The van der Waals surface area contributed by atoms with Crippen LogP contribution in [0.5, 0.6) is 0 Å². The van der Waals surface area contributed by atoms with Gasteiger partial charge in [-0.05, 0) is 6.08 Å². The van der Waals surface area contributed by atoms with Crippen LogP contribution >= 0.6 is 0 Å². The summed E-state index contributed by atoms with van der Waals surface area (Å²) in [6, 6.07) is -0.528. The second-order valence-electron chi connectivity index (χ2n) is 3.66. The molecular formula is C9H15N3O3. The number of nitrogens with zero attached hydrogens (tertiary/aromatic N) is 2. The molecular weight excluding hydrogens is 198 g/mol. The van der Waals surface area contributed by atoms with Crippen LogP contribution < -0.4 is 5.73 Å². The Morgan fingerprint density at radius 2 is 2.40 bits per heavy atom. The fourth-order valence-corrected chi connectivity index (χ4v) is 1.79. The van der Waals surface area contributed by atoms with Crippen molar-refractivity contribution in [1.82, 2.24) is 4.90 Å². The van der Waals surface area contributed by atoms with Gasteiger partial charge in [-0.3, -0.25) is 0 Å². The minimum atomic E-state index is -0.834. The SMILES string of the molecule is N[C@@H]1[C@H](O)[C@@H](CO)O[C@H]1N1C=NC=CC1. The third kappa shape index (κ3) is 1.89. The van der Waals surface area contributed by atoms with Gasteiger partial charge in [0.15, 0.2) is 0 Å². The molecule has 2 rings (SSSR count). The number of hydrogen-bond acceptors (Lipinski definition) is 6. The van der Waals surface area contributed by atoms with Crippen LogP contribution in [0.3, 0.4) is 0 Å². The number of ether oxygens (including phenoxy) is 1. The average molecular weight is 213 g/mol. The first-order chi connectivity index (χ1) is 7.24. The number of hydrogen-bond donors (Lipinski definition) is 3. The van der Waals surface area contributed by atoms with Crippen molar-refractivity contribution in [1.29, 1.82) is 0 Å². The fourth-order valence-electron chi connectivity index (χ4n) is 1.79. The molecule has 0 radical (unpaired) electrons. The van der Waals surface area contributed by atoms with E-state index in [1.807, 2.05) is 6.08 Å². The van der Waals surface area contributed by atoms with E-state index < -0.39 is 24.5 Å². The van der Waals surface area contributed by atoms with Crippen LogP contribution in [0.25, 0.3) is 0 Å². The highest BCUT2D eigenvalue weighted by molar-refractivity contribution is 5.58. The van der Waals surface area contributed by atoms with Crippen molar-refractivity contribution >= 4 is 6.34 Å². The van der Waals surface area contributed by atoms with Gasteiger partial charge in [-0.25, -0.2) is 4.99 Å². The maximum absolute atomic E-state index is 9.66. The molecule has 2 heterocycles. The van der Waals surface area contributed by atoms with E-state index in [1.54, 1.807) is 17.4 Å². The van der Waals surface area contributed by atoms with E-state index >= 15 is 0 Å². The lowest BCUT2D eigenvalue weighted by molar-refractivity contribution is -0.0556. The molecule has 1 saturated heterocycles. The van der Waals surface area contributed by atoms with Gasteiger partial charge in [0.05, 0.1) is 19.0 Å². The predicted molar refractivity (Wildman–Crippen MR) is 54.1 cm³/mol. The number of aliphatic hydroxyl groups excluding tert-OH is 2. The van der Waals surface area contributed by atoms with E-state index in [0.29, 0.717) is 6.54 Å². The van der Waals surface area contributed by atoms with E-state index in [1.165, 1.54) is 0 Å². The van der Waals surface area contributed by atoms with E-state index in [-0.39, 0.29) is 6.61 Å². The second kappa shape index (κ2) is 4.28. The topological polar surface area (TPSA) is 91.3 Å². The highest BCUT2D eigenvalue weighted by Crippen LogP contribution is 2.22. The number of rotatable bonds is 2.